The predicted octanol–water partition coefficient (Wildman–Crippen LogP) is 3.61. The highest BCUT2D eigenvalue weighted by Gasteiger charge is 2.10. The van der Waals surface area contributed by atoms with Crippen LogP contribution in [0.5, 0.6) is 0 Å². The molecule has 0 amide bonds. The van der Waals surface area contributed by atoms with E-state index in [9.17, 15) is 0 Å². The lowest BCUT2D eigenvalue weighted by atomic mass is 10.1. The number of nitrogens with one attached hydrogen (secondary N) is 2. The Hall–Kier alpha value is -2.10. The zero-order chi connectivity index (χ0) is 14.6. The van der Waals surface area contributed by atoms with Crippen molar-refractivity contribution in [1.29, 1.82) is 0 Å². The van der Waals surface area contributed by atoms with Crippen molar-refractivity contribution >= 4 is 11.8 Å². The standard InChI is InChI=1S/C16H22N4/c1-12-7-5-6-8-13(12)11-18-15-17-10-9-14(19-15)20-16(2,3)4/h5-10H,11H2,1-4H3,(H2,17,18,19,20). The van der Waals surface area contributed by atoms with Crippen molar-refractivity contribution in [1.82, 2.24) is 9.97 Å². The van der Waals surface area contributed by atoms with Crippen LogP contribution in [0.3, 0.4) is 0 Å². The van der Waals surface area contributed by atoms with Gasteiger partial charge in [0.05, 0.1) is 0 Å². The Bertz CT molecular complexity index is 573. The molecule has 4 nitrogen and oxygen atoms in total. The molecule has 0 atom stereocenters. The number of hydrogen-bond acceptors (Lipinski definition) is 4. The number of aromatic nitrogens is 2. The minimum absolute atomic E-state index is 0.0123. The number of aryl methyl sites for hydroxylation is 1. The van der Waals surface area contributed by atoms with Crippen LogP contribution in [-0.2, 0) is 6.54 Å². The Morgan fingerprint density at radius 2 is 1.85 bits per heavy atom. The summed E-state index contributed by atoms with van der Waals surface area (Å²) in [5.74, 6) is 1.47. The molecule has 0 bridgehead atoms. The first-order valence-electron chi connectivity index (χ1n) is 6.84. The molecular weight excluding hydrogens is 248 g/mol. The summed E-state index contributed by atoms with van der Waals surface area (Å²) in [7, 11) is 0. The first-order valence-corrected chi connectivity index (χ1v) is 6.84. The molecule has 0 aliphatic rings. The fourth-order valence-electron chi connectivity index (χ4n) is 1.88. The molecule has 0 saturated heterocycles. The zero-order valence-electron chi connectivity index (χ0n) is 12.6. The molecule has 0 aliphatic carbocycles. The van der Waals surface area contributed by atoms with Crippen LogP contribution in [0.15, 0.2) is 36.5 Å². The van der Waals surface area contributed by atoms with E-state index in [-0.39, 0.29) is 5.54 Å². The van der Waals surface area contributed by atoms with Gasteiger partial charge in [-0.3, -0.25) is 0 Å². The van der Waals surface area contributed by atoms with Gasteiger partial charge >= 0.3 is 0 Å². The van der Waals surface area contributed by atoms with Crippen LogP contribution in [0.4, 0.5) is 11.8 Å². The zero-order valence-corrected chi connectivity index (χ0v) is 12.6. The number of hydrogen-bond donors (Lipinski definition) is 2. The van der Waals surface area contributed by atoms with E-state index in [1.807, 2.05) is 18.2 Å². The van der Waals surface area contributed by atoms with Crippen molar-refractivity contribution in [3.63, 3.8) is 0 Å². The second-order valence-electron chi connectivity index (χ2n) is 5.92. The molecule has 106 valence electrons. The van der Waals surface area contributed by atoms with Gasteiger partial charge in [0.2, 0.25) is 5.95 Å². The molecular formula is C16H22N4. The van der Waals surface area contributed by atoms with E-state index in [4.69, 9.17) is 0 Å². The maximum absolute atomic E-state index is 4.47. The second-order valence-corrected chi connectivity index (χ2v) is 5.92. The summed E-state index contributed by atoms with van der Waals surface area (Å²) in [6, 6.07) is 10.2. The summed E-state index contributed by atoms with van der Waals surface area (Å²) in [5, 5.41) is 6.61. The van der Waals surface area contributed by atoms with Gasteiger partial charge in [0.1, 0.15) is 5.82 Å². The Morgan fingerprint density at radius 3 is 2.55 bits per heavy atom. The lowest BCUT2D eigenvalue weighted by Gasteiger charge is -2.21. The average Bonchev–Trinajstić information content (AvgIpc) is 2.36. The first-order chi connectivity index (χ1) is 9.44. The van der Waals surface area contributed by atoms with Gasteiger partial charge in [-0.25, -0.2) is 4.98 Å². The molecule has 0 aliphatic heterocycles. The molecule has 1 aromatic carbocycles. The molecule has 0 radical (unpaired) electrons. The Morgan fingerprint density at radius 1 is 1.10 bits per heavy atom. The lowest BCUT2D eigenvalue weighted by Crippen LogP contribution is -2.26. The Labute approximate surface area is 120 Å². The second kappa shape index (κ2) is 5.90. The molecule has 0 spiro atoms. The van der Waals surface area contributed by atoms with Crippen LogP contribution in [0.2, 0.25) is 0 Å². The van der Waals surface area contributed by atoms with Crippen molar-refractivity contribution in [2.45, 2.75) is 39.8 Å². The summed E-state index contributed by atoms with van der Waals surface area (Å²) in [6.45, 7) is 9.15. The monoisotopic (exact) mass is 270 g/mol. The predicted molar refractivity (Wildman–Crippen MR) is 83.9 cm³/mol. The normalized spacial score (nSPS) is 11.2. The maximum Gasteiger partial charge on any atom is 0.224 e. The summed E-state index contributed by atoms with van der Waals surface area (Å²) >= 11 is 0. The van der Waals surface area contributed by atoms with Crippen molar-refractivity contribution < 1.29 is 0 Å². The molecule has 1 aromatic heterocycles. The van der Waals surface area contributed by atoms with Crippen LogP contribution in [0.1, 0.15) is 31.9 Å². The fourth-order valence-corrected chi connectivity index (χ4v) is 1.88. The molecule has 0 fully saturated rings. The minimum atomic E-state index is -0.0123. The summed E-state index contributed by atoms with van der Waals surface area (Å²) in [6.07, 6.45) is 1.77. The first kappa shape index (κ1) is 14.3. The molecule has 0 saturated carbocycles. The highest BCUT2D eigenvalue weighted by molar-refractivity contribution is 5.42. The quantitative estimate of drug-likeness (QED) is 0.891. The van der Waals surface area contributed by atoms with Gasteiger partial charge in [-0.05, 0) is 44.9 Å². The lowest BCUT2D eigenvalue weighted by molar-refractivity contribution is 0.630. The van der Waals surface area contributed by atoms with Crippen molar-refractivity contribution in [2.75, 3.05) is 10.6 Å². The van der Waals surface area contributed by atoms with E-state index in [0.717, 1.165) is 12.4 Å². The van der Waals surface area contributed by atoms with Crippen LogP contribution in [-0.4, -0.2) is 15.5 Å². The molecule has 2 aromatic rings. The van der Waals surface area contributed by atoms with Gasteiger partial charge in [-0.1, -0.05) is 24.3 Å². The van der Waals surface area contributed by atoms with Crippen molar-refractivity contribution in [2.24, 2.45) is 0 Å². The Kier molecular flexibility index (Phi) is 4.23. The van der Waals surface area contributed by atoms with Crippen LogP contribution >= 0.6 is 0 Å². The summed E-state index contributed by atoms with van der Waals surface area (Å²) < 4.78 is 0. The highest BCUT2D eigenvalue weighted by atomic mass is 15.1. The van der Waals surface area contributed by atoms with Gasteiger partial charge in [-0.2, -0.15) is 4.98 Å². The fraction of sp³-hybridized carbons (Fsp3) is 0.375. The average molecular weight is 270 g/mol. The maximum atomic E-state index is 4.47. The van der Waals surface area contributed by atoms with Crippen molar-refractivity contribution in [3.8, 4) is 0 Å². The number of anilines is 2. The van der Waals surface area contributed by atoms with E-state index in [0.29, 0.717) is 5.95 Å². The molecule has 4 heteroatoms. The largest absolute Gasteiger partial charge is 0.365 e. The van der Waals surface area contributed by atoms with Crippen LogP contribution in [0, 0.1) is 6.92 Å². The van der Waals surface area contributed by atoms with Gasteiger partial charge in [0.25, 0.3) is 0 Å². The Balaban J connectivity index is 2.03. The van der Waals surface area contributed by atoms with E-state index in [2.05, 4.69) is 60.4 Å². The number of nitrogens with zero attached hydrogens (tertiary/aromatic N) is 2. The molecule has 2 N–H and O–H groups in total. The summed E-state index contributed by atoms with van der Waals surface area (Å²) in [4.78, 5) is 8.72. The molecule has 1 heterocycles. The van der Waals surface area contributed by atoms with E-state index >= 15 is 0 Å². The third-order valence-electron chi connectivity index (χ3n) is 2.86. The van der Waals surface area contributed by atoms with Crippen LogP contribution in [0.25, 0.3) is 0 Å². The van der Waals surface area contributed by atoms with Gasteiger partial charge in [0.15, 0.2) is 0 Å². The highest BCUT2D eigenvalue weighted by Crippen LogP contribution is 2.14. The minimum Gasteiger partial charge on any atom is -0.365 e. The number of benzene rings is 1. The smallest absolute Gasteiger partial charge is 0.224 e. The van der Waals surface area contributed by atoms with Crippen molar-refractivity contribution in [3.05, 3.63) is 47.7 Å². The van der Waals surface area contributed by atoms with Crippen LogP contribution < -0.4 is 10.6 Å². The third kappa shape index (κ3) is 4.23. The molecule has 2 rings (SSSR count). The van der Waals surface area contributed by atoms with Gasteiger partial charge < -0.3 is 10.6 Å². The topological polar surface area (TPSA) is 49.8 Å². The van der Waals surface area contributed by atoms with E-state index in [1.165, 1.54) is 11.1 Å². The number of rotatable bonds is 4. The van der Waals surface area contributed by atoms with E-state index < -0.39 is 0 Å². The third-order valence-corrected chi connectivity index (χ3v) is 2.86. The van der Waals surface area contributed by atoms with E-state index in [1.54, 1.807) is 6.20 Å². The molecule has 0 unspecified atom stereocenters. The van der Waals surface area contributed by atoms with Gasteiger partial charge in [-0.15, -0.1) is 0 Å². The SMILES string of the molecule is Cc1ccccc1CNc1nccc(NC(C)(C)C)n1. The molecule has 20 heavy (non-hydrogen) atoms. The summed E-state index contributed by atoms with van der Waals surface area (Å²) in [5.41, 5.74) is 2.51. The van der Waals surface area contributed by atoms with Gasteiger partial charge in [0, 0.05) is 18.3 Å².